The Morgan fingerprint density at radius 2 is 2.14 bits per heavy atom. The summed E-state index contributed by atoms with van der Waals surface area (Å²) >= 11 is 1.62. The normalized spacial score (nSPS) is 11.1. The van der Waals surface area contributed by atoms with E-state index in [4.69, 9.17) is 5.73 Å². The van der Waals surface area contributed by atoms with Gasteiger partial charge < -0.3 is 11.1 Å². The fraction of sp³-hybridized carbons (Fsp3) is 0.0625. The third-order valence-electron chi connectivity index (χ3n) is 3.17. The number of thiophene rings is 1. The number of hydrogen-bond donors (Lipinski definition) is 2. The number of rotatable bonds is 4. The van der Waals surface area contributed by atoms with Crippen LogP contribution in [-0.2, 0) is 0 Å². The minimum atomic E-state index is -0.122. The van der Waals surface area contributed by atoms with E-state index in [1.54, 1.807) is 42.1 Å². The SMILES string of the molecule is Nc1ncc(/C=C/CNC(=O)c2ccncc2)c2sccc12. The second-order valence-corrected chi connectivity index (χ2v) is 5.53. The van der Waals surface area contributed by atoms with Gasteiger partial charge in [-0.25, -0.2) is 4.98 Å². The van der Waals surface area contributed by atoms with Crippen molar-refractivity contribution in [2.45, 2.75) is 0 Å². The van der Waals surface area contributed by atoms with Crippen molar-refractivity contribution in [3.8, 4) is 0 Å². The lowest BCUT2D eigenvalue weighted by molar-refractivity contribution is 0.0958. The first-order valence-corrected chi connectivity index (χ1v) is 7.60. The average molecular weight is 310 g/mol. The number of nitrogens with zero attached hydrogens (tertiary/aromatic N) is 2. The van der Waals surface area contributed by atoms with Crippen LogP contribution in [0.2, 0.25) is 0 Å². The summed E-state index contributed by atoms with van der Waals surface area (Å²) in [5.41, 5.74) is 7.43. The van der Waals surface area contributed by atoms with Crippen molar-refractivity contribution < 1.29 is 4.79 Å². The van der Waals surface area contributed by atoms with Crippen LogP contribution < -0.4 is 11.1 Å². The maximum Gasteiger partial charge on any atom is 0.251 e. The highest BCUT2D eigenvalue weighted by Gasteiger charge is 2.05. The van der Waals surface area contributed by atoms with Crippen molar-refractivity contribution in [2.24, 2.45) is 0 Å². The summed E-state index contributed by atoms with van der Waals surface area (Å²) in [4.78, 5) is 19.9. The minimum Gasteiger partial charge on any atom is -0.383 e. The second kappa shape index (κ2) is 6.36. The molecule has 6 heteroatoms. The van der Waals surface area contributed by atoms with Crippen LogP contribution in [0.4, 0.5) is 5.82 Å². The predicted molar refractivity (Wildman–Crippen MR) is 89.6 cm³/mol. The molecule has 0 spiro atoms. The Morgan fingerprint density at radius 3 is 2.95 bits per heavy atom. The van der Waals surface area contributed by atoms with Gasteiger partial charge in [-0.15, -0.1) is 11.3 Å². The fourth-order valence-corrected chi connectivity index (χ4v) is 2.96. The zero-order chi connectivity index (χ0) is 15.4. The summed E-state index contributed by atoms with van der Waals surface area (Å²) in [5, 5.41) is 5.78. The van der Waals surface area contributed by atoms with Crippen LogP contribution in [0, 0.1) is 0 Å². The molecule has 0 atom stereocenters. The number of anilines is 1. The molecular weight excluding hydrogens is 296 g/mol. The number of carbonyl (C=O) groups is 1. The number of nitrogen functional groups attached to an aromatic ring is 1. The molecule has 3 N–H and O–H groups in total. The number of hydrogen-bond acceptors (Lipinski definition) is 5. The molecule has 0 aliphatic rings. The van der Waals surface area contributed by atoms with E-state index in [0.29, 0.717) is 17.9 Å². The molecule has 3 aromatic rings. The Balaban J connectivity index is 1.66. The van der Waals surface area contributed by atoms with Crippen LogP contribution in [0.1, 0.15) is 15.9 Å². The van der Waals surface area contributed by atoms with Gasteiger partial charge in [-0.05, 0) is 23.6 Å². The van der Waals surface area contributed by atoms with E-state index >= 15 is 0 Å². The van der Waals surface area contributed by atoms with Gasteiger partial charge in [-0.1, -0.05) is 12.2 Å². The molecule has 3 aromatic heterocycles. The zero-order valence-electron chi connectivity index (χ0n) is 11.7. The van der Waals surface area contributed by atoms with Gasteiger partial charge in [0.1, 0.15) is 5.82 Å². The van der Waals surface area contributed by atoms with Gasteiger partial charge in [0, 0.05) is 46.3 Å². The molecule has 0 saturated heterocycles. The summed E-state index contributed by atoms with van der Waals surface area (Å²) in [6, 6.07) is 5.32. The van der Waals surface area contributed by atoms with E-state index in [0.717, 1.165) is 15.6 Å². The molecule has 1 amide bonds. The van der Waals surface area contributed by atoms with Crippen molar-refractivity contribution in [1.82, 2.24) is 15.3 Å². The molecule has 5 nitrogen and oxygen atoms in total. The van der Waals surface area contributed by atoms with Crippen molar-refractivity contribution >= 4 is 39.2 Å². The Bertz CT molecular complexity index is 827. The number of aromatic nitrogens is 2. The number of amides is 1. The molecule has 0 bridgehead atoms. The topological polar surface area (TPSA) is 80.9 Å². The zero-order valence-corrected chi connectivity index (χ0v) is 12.5. The highest BCUT2D eigenvalue weighted by molar-refractivity contribution is 7.17. The van der Waals surface area contributed by atoms with Crippen LogP contribution in [-0.4, -0.2) is 22.4 Å². The maximum absolute atomic E-state index is 11.9. The van der Waals surface area contributed by atoms with Gasteiger partial charge in [0.05, 0.1) is 0 Å². The molecule has 3 heterocycles. The molecule has 3 rings (SSSR count). The van der Waals surface area contributed by atoms with Crippen LogP contribution in [0.25, 0.3) is 16.2 Å². The third-order valence-corrected chi connectivity index (χ3v) is 4.13. The van der Waals surface area contributed by atoms with E-state index in [1.165, 1.54) is 0 Å². The summed E-state index contributed by atoms with van der Waals surface area (Å²) in [5.74, 6) is 0.420. The lowest BCUT2D eigenvalue weighted by Gasteiger charge is -2.02. The summed E-state index contributed by atoms with van der Waals surface area (Å²) in [6.45, 7) is 0.443. The molecule has 0 fully saturated rings. The highest BCUT2D eigenvalue weighted by atomic mass is 32.1. The van der Waals surface area contributed by atoms with Crippen molar-refractivity contribution in [3.63, 3.8) is 0 Å². The third kappa shape index (κ3) is 2.96. The Hall–Kier alpha value is -2.73. The fourth-order valence-electron chi connectivity index (χ4n) is 2.06. The molecule has 0 saturated carbocycles. The largest absolute Gasteiger partial charge is 0.383 e. The monoisotopic (exact) mass is 310 g/mol. The first kappa shape index (κ1) is 14.2. The quantitative estimate of drug-likeness (QED) is 0.776. The minimum absolute atomic E-state index is 0.122. The number of pyridine rings is 2. The lowest BCUT2D eigenvalue weighted by atomic mass is 10.2. The molecule has 0 aromatic carbocycles. The molecular formula is C16H14N4OS. The van der Waals surface area contributed by atoms with Crippen molar-refractivity contribution in [1.29, 1.82) is 0 Å². The van der Waals surface area contributed by atoms with Gasteiger partial charge in [0.2, 0.25) is 0 Å². The van der Waals surface area contributed by atoms with E-state index in [9.17, 15) is 4.79 Å². The molecule has 22 heavy (non-hydrogen) atoms. The number of fused-ring (bicyclic) bond motifs is 1. The Labute approximate surface area is 131 Å². The number of nitrogens with two attached hydrogens (primary N) is 1. The number of carbonyl (C=O) groups excluding carboxylic acids is 1. The molecule has 0 radical (unpaired) electrons. The average Bonchev–Trinajstić information content (AvgIpc) is 3.05. The predicted octanol–water partition coefficient (Wildman–Crippen LogP) is 2.72. The van der Waals surface area contributed by atoms with Crippen molar-refractivity contribution in [3.05, 3.63) is 59.4 Å². The molecule has 0 aliphatic carbocycles. The molecule has 0 unspecified atom stereocenters. The standard InChI is InChI=1S/C16H14N4OS/c17-15-13-5-9-22-14(13)12(10-20-15)2-1-6-19-16(21)11-3-7-18-8-4-11/h1-5,7-10H,6H2,(H2,17,20)(H,19,21)/b2-1+. The Kier molecular flexibility index (Phi) is 4.11. The van der Waals surface area contributed by atoms with Crippen LogP contribution in [0.3, 0.4) is 0 Å². The van der Waals surface area contributed by atoms with E-state index in [1.807, 2.05) is 23.6 Å². The maximum atomic E-state index is 11.9. The van der Waals surface area contributed by atoms with Crippen molar-refractivity contribution in [2.75, 3.05) is 12.3 Å². The van der Waals surface area contributed by atoms with Crippen LogP contribution in [0.5, 0.6) is 0 Å². The van der Waals surface area contributed by atoms with Crippen LogP contribution >= 0.6 is 11.3 Å². The van der Waals surface area contributed by atoms with Gasteiger partial charge in [0.25, 0.3) is 5.91 Å². The van der Waals surface area contributed by atoms with E-state index in [-0.39, 0.29) is 5.91 Å². The van der Waals surface area contributed by atoms with Gasteiger partial charge in [0.15, 0.2) is 0 Å². The Morgan fingerprint density at radius 1 is 1.32 bits per heavy atom. The van der Waals surface area contributed by atoms with Gasteiger partial charge in [-0.3, -0.25) is 9.78 Å². The van der Waals surface area contributed by atoms with Gasteiger partial charge in [-0.2, -0.15) is 0 Å². The van der Waals surface area contributed by atoms with Crippen LogP contribution in [0.15, 0.2) is 48.2 Å². The summed E-state index contributed by atoms with van der Waals surface area (Å²) in [7, 11) is 0. The van der Waals surface area contributed by atoms with E-state index in [2.05, 4.69) is 15.3 Å². The van der Waals surface area contributed by atoms with Gasteiger partial charge >= 0.3 is 0 Å². The lowest BCUT2D eigenvalue weighted by Crippen LogP contribution is -2.23. The highest BCUT2D eigenvalue weighted by Crippen LogP contribution is 2.28. The first-order chi connectivity index (χ1) is 10.8. The van der Waals surface area contributed by atoms with E-state index < -0.39 is 0 Å². The number of nitrogens with one attached hydrogen (secondary N) is 1. The summed E-state index contributed by atoms with van der Waals surface area (Å²) in [6.07, 6.45) is 8.77. The molecule has 110 valence electrons. The molecule has 0 aliphatic heterocycles. The summed E-state index contributed by atoms with van der Waals surface area (Å²) < 4.78 is 1.10. The second-order valence-electron chi connectivity index (χ2n) is 4.61. The smallest absolute Gasteiger partial charge is 0.251 e. The first-order valence-electron chi connectivity index (χ1n) is 6.72.